The third-order valence-corrected chi connectivity index (χ3v) is 5.30. The first-order chi connectivity index (χ1) is 6.97. The van der Waals surface area contributed by atoms with Crippen LogP contribution in [-0.2, 0) is 8.85 Å². The van der Waals surface area contributed by atoms with Gasteiger partial charge in [0.15, 0.2) is 0 Å². The Labute approximate surface area is 102 Å². The molecular weight excluding hydrogens is 224 g/mol. The first-order valence-electron chi connectivity index (χ1n) is 5.89. The van der Waals surface area contributed by atoms with Crippen molar-refractivity contribution in [2.24, 2.45) is 0 Å². The van der Waals surface area contributed by atoms with Crippen LogP contribution in [0, 0.1) is 0 Å². The summed E-state index contributed by atoms with van der Waals surface area (Å²) in [7, 11) is -1.51. The van der Waals surface area contributed by atoms with Crippen LogP contribution in [0.15, 0.2) is 0 Å². The number of thiol groups is 1. The average Bonchev–Trinajstić information content (AvgIpc) is 2.11. The molecular formula is C11H26O2SSi. The Morgan fingerprint density at radius 2 is 1.47 bits per heavy atom. The minimum absolute atomic E-state index is 0.277. The van der Waals surface area contributed by atoms with E-state index >= 15 is 0 Å². The zero-order valence-corrected chi connectivity index (χ0v) is 12.7. The second-order valence-corrected chi connectivity index (χ2v) is 7.45. The predicted molar refractivity (Wildman–Crippen MR) is 72.1 cm³/mol. The van der Waals surface area contributed by atoms with Gasteiger partial charge in [-0.05, 0) is 51.8 Å². The van der Waals surface area contributed by atoms with E-state index in [2.05, 4.69) is 47.2 Å². The molecule has 15 heavy (non-hydrogen) atoms. The van der Waals surface area contributed by atoms with E-state index in [1.807, 2.05) is 0 Å². The maximum Gasteiger partial charge on any atom is 0.324 e. The predicted octanol–water partition coefficient (Wildman–Crippen LogP) is 3.16. The summed E-state index contributed by atoms with van der Waals surface area (Å²) >= 11 is 4.24. The molecule has 0 spiro atoms. The number of hydrogen-bond donors (Lipinski definition) is 1. The lowest BCUT2D eigenvalue weighted by Gasteiger charge is -2.26. The SMILES string of the molecule is CC(C)O[SiH](OC(C)C)C(C)CCCS. The van der Waals surface area contributed by atoms with Gasteiger partial charge in [0.05, 0.1) is 0 Å². The molecule has 0 bridgehead atoms. The van der Waals surface area contributed by atoms with Crippen LogP contribution >= 0.6 is 12.6 Å². The van der Waals surface area contributed by atoms with Gasteiger partial charge in [-0.15, -0.1) is 0 Å². The molecule has 0 fully saturated rings. The van der Waals surface area contributed by atoms with Crippen molar-refractivity contribution < 1.29 is 8.85 Å². The fraction of sp³-hybridized carbons (Fsp3) is 1.00. The van der Waals surface area contributed by atoms with Crippen molar-refractivity contribution in [3.63, 3.8) is 0 Å². The molecule has 0 aromatic carbocycles. The normalized spacial score (nSPS) is 14.2. The zero-order valence-electron chi connectivity index (χ0n) is 10.7. The van der Waals surface area contributed by atoms with Gasteiger partial charge in [0.1, 0.15) is 0 Å². The molecule has 0 aliphatic heterocycles. The quantitative estimate of drug-likeness (QED) is 0.527. The summed E-state index contributed by atoms with van der Waals surface area (Å²) in [5.41, 5.74) is 0.571. The lowest BCUT2D eigenvalue weighted by molar-refractivity contribution is 0.123. The minimum Gasteiger partial charge on any atom is -0.394 e. The first-order valence-corrected chi connectivity index (χ1v) is 8.13. The third-order valence-electron chi connectivity index (χ3n) is 2.09. The highest BCUT2D eigenvalue weighted by Crippen LogP contribution is 2.20. The van der Waals surface area contributed by atoms with Crippen LogP contribution in [0.5, 0.6) is 0 Å². The van der Waals surface area contributed by atoms with Gasteiger partial charge in [0.25, 0.3) is 0 Å². The van der Waals surface area contributed by atoms with E-state index in [1.165, 1.54) is 6.42 Å². The lowest BCUT2D eigenvalue weighted by Crippen LogP contribution is -2.33. The van der Waals surface area contributed by atoms with E-state index in [4.69, 9.17) is 8.85 Å². The molecule has 0 aromatic heterocycles. The maximum absolute atomic E-state index is 5.91. The minimum atomic E-state index is -1.51. The second-order valence-electron chi connectivity index (χ2n) is 4.58. The van der Waals surface area contributed by atoms with E-state index in [0.29, 0.717) is 5.54 Å². The Hall–Kier alpha value is 0.487. The summed E-state index contributed by atoms with van der Waals surface area (Å²) in [6.45, 7) is 10.6. The van der Waals surface area contributed by atoms with Gasteiger partial charge >= 0.3 is 9.28 Å². The van der Waals surface area contributed by atoms with Crippen molar-refractivity contribution >= 4 is 21.9 Å². The Morgan fingerprint density at radius 3 is 1.80 bits per heavy atom. The summed E-state index contributed by atoms with van der Waals surface area (Å²) in [4.78, 5) is 0. The fourth-order valence-corrected chi connectivity index (χ4v) is 3.75. The van der Waals surface area contributed by atoms with Gasteiger partial charge in [-0.1, -0.05) is 6.92 Å². The van der Waals surface area contributed by atoms with E-state index < -0.39 is 9.28 Å². The molecule has 0 rings (SSSR count). The van der Waals surface area contributed by atoms with Crippen LogP contribution in [0.1, 0.15) is 47.5 Å². The molecule has 0 saturated carbocycles. The van der Waals surface area contributed by atoms with E-state index in [-0.39, 0.29) is 12.2 Å². The molecule has 0 saturated heterocycles. The van der Waals surface area contributed by atoms with E-state index in [0.717, 1.165) is 12.2 Å². The monoisotopic (exact) mass is 250 g/mol. The zero-order chi connectivity index (χ0) is 11.8. The van der Waals surface area contributed by atoms with Gasteiger partial charge in [-0.25, -0.2) is 0 Å². The third kappa shape index (κ3) is 8.31. The van der Waals surface area contributed by atoms with Crippen molar-refractivity contribution in [3.05, 3.63) is 0 Å². The standard InChI is InChI=1S/C11H26O2SSi/c1-9(2)12-15(13-10(3)4)11(5)7-6-8-14/h9-11,14-15H,6-8H2,1-5H3. The van der Waals surface area contributed by atoms with Gasteiger partial charge in [-0.2, -0.15) is 12.6 Å². The summed E-state index contributed by atoms with van der Waals surface area (Å²) in [6, 6.07) is 0. The van der Waals surface area contributed by atoms with Gasteiger partial charge in [0.2, 0.25) is 0 Å². The molecule has 4 heteroatoms. The Kier molecular flexibility index (Phi) is 8.90. The number of hydrogen-bond acceptors (Lipinski definition) is 3. The Balaban J connectivity index is 4.07. The van der Waals surface area contributed by atoms with Crippen molar-refractivity contribution in [2.45, 2.75) is 65.2 Å². The molecule has 0 aliphatic carbocycles. The lowest BCUT2D eigenvalue weighted by atomic mass is 10.3. The highest BCUT2D eigenvalue weighted by Gasteiger charge is 2.24. The van der Waals surface area contributed by atoms with Crippen molar-refractivity contribution in [2.75, 3.05) is 5.75 Å². The molecule has 0 radical (unpaired) electrons. The molecule has 0 N–H and O–H groups in total. The van der Waals surface area contributed by atoms with Crippen LogP contribution in [0.2, 0.25) is 5.54 Å². The van der Waals surface area contributed by atoms with Gasteiger partial charge in [-0.3, -0.25) is 0 Å². The molecule has 0 aliphatic rings. The number of rotatable bonds is 8. The Bertz CT molecular complexity index is 144. The van der Waals surface area contributed by atoms with E-state index in [9.17, 15) is 0 Å². The van der Waals surface area contributed by atoms with E-state index in [1.54, 1.807) is 0 Å². The molecule has 1 unspecified atom stereocenters. The summed E-state index contributed by atoms with van der Waals surface area (Å²) in [6.07, 6.45) is 2.87. The molecule has 0 aromatic rings. The summed E-state index contributed by atoms with van der Waals surface area (Å²) < 4.78 is 11.8. The highest BCUT2D eigenvalue weighted by atomic mass is 32.1. The largest absolute Gasteiger partial charge is 0.394 e. The van der Waals surface area contributed by atoms with Gasteiger partial charge < -0.3 is 8.85 Å². The topological polar surface area (TPSA) is 18.5 Å². The summed E-state index contributed by atoms with van der Waals surface area (Å²) in [5.74, 6) is 0.953. The van der Waals surface area contributed by atoms with Crippen molar-refractivity contribution in [1.29, 1.82) is 0 Å². The van der Waals surface area contributed by atoms with Crippen molar-refractivity contribution in [1.82, 2.24) is 0 Å². The van der Waals surface area contributed by atoms with Crippen LogP contribution in [0.4, 0.5) is 0 Å². The molecule has 0 heterocycles. The van der Waals surface area contributed by atoms with Crippen LogP contribution in [-0.4, -0.2) is 27.2 Å². The molecule has 1 atom stereocenters. The smallest absolute Gasteiger partial charge is 0.324 e. The van der Waals surface area contributed by atoms with Crippen LogP contribution in [0.25, 0.3) is 0 Å². The average molecular weight is 250 g/mol. The second kappa shape index (κ2) is 8.62. The molecule has 2 nitrogen and oxygen atoms in total. The van der Waals surface area contributed by atoms with Crippen LogP contribution < -0.4 is 0 Å². The fourth-order valence-electron chi connectivity index (χ4n) is 1.39. The van der Waals surface area contributed by atoms with Crippen LogP contribution in [0.3, 0.4) is 0 Å². The van der Waals surface area contributed by atoms with Gasteiger partial charge in [0, 0.05) is 12.2 Å². The first kappa shape index (κ1) is 15.5. The maximum atomic E-state index is 5.91. The van der Waals surface area contributed by atoms with Crippen molar-refractivity contribution in [3.8, 4) is 0 Å². The summed E-state index contributed by atoms with van der Waals surface area (Å²) in [5, 5.41) is 0. The highest BCUT2D eigenvalue weighted by molar-refractivity contribution is 7.80. The molecule has 0 amide bonds. The Morgan fingerprint density at radius 1 is 1.00 bits per heavy atom. The molecule has 92 valence electrons.